The Kier molecular flexibility index (Phi) is 9.26. The van der Waals surface area contributed by atoms with Crippen molar-refractivity contribution in [2.75, 3.05) is 13.1 Å². The van der Waals surface area contributed by atoms with Gasteiger partial charge >= 0.3 is 18.0 Å². The second kappa shape index (κ2) is 10.1. The van der Waals surface area contributed by atoms with Crippen molar-refractivity contribution in [3.05, 3.63) is 0 Å². The van der Waals surface area contributed by atoms with Crippen LogP contribution in [0.1, 0.15) is 25.7 Å². The summed E-state index contributed by atoms with van der Waals surface area (Å²) >= 11 is 0. The zero-order chi connectivity index (χ0) is 15.5. The number of urea groups is 1. The Morgan fingerprint density at radius 3 is 1.95 bits per heavy atom. The summed E-state index contributed by atoms with van der Waals surface area (Å²) in [5.41, 5.74) is 21.2. The number of nitrogens with two attached hydrogens (primary N) is 4. The molecule has 0 radical (unpaired) electrons. The number of rotatable bonds is 9. The first kappa shape index (κ1) is 18.3. The van der Waals surface area contributed by atoms with Gasteiger partial charge in [0.2, 0.25) is 0 Å². The molecule has 0 aliphatic rings. The van der Waals surface area contributed by atoms with Gasteiger partial charge in [-0.05, 0) is 32.2 Å². The van der Waals surface area contributed by atoms with Crippen LogP contribution in [0, 0.1) is 0 Å². The van der Waals surface area contributed by atoms with Crippen molar-refractivity contribution in [2.24, 2.45) is 22.9 Å². The summed E-state index contributed by atoms with van der Waals surface area (Å²) < 4.78 is 4.57. The highest BCUT2D eigenvalue weighted by Gasteiger charge is 2.22. The molecule has 0 saturated carbocycles. The van der Waals surface area contributed by atoms with Gasteiger partial charge in [-0.15, -0.1) is 0 Å². The lowest BCUT2D eigenvalue weighted by molar-refractivity contribution is -0.161. The molecule has 0 aromatic heterocycles. The van der Waals surface area contributed by atoms with E-state index >= 15 is 0 Å². The van der Waals surface area contributed by atoms with Gasteiger partial charge in [0.05, 0.1) is 0 Å². The third-order valence-corrected chi connectivity index (χ3v) is 2.52. The van der Waals surface area contributed by atoms with Crippen molar-refractivity contribution in [1.82, 2.24) is 5.32 Å². The molecule has 2 atom stereocenters. The maximum Gasteiger partial charge on any atom is 0.330 e. The average molecular weight is 289 g/mol. The van der Waals surface area contributed by atoms with Crippen LogP contribution in [0.25, 0.3) is 0 Å². The number of esters is 2. The lowest BCUT2D eigenvalue weighted by Crippen LogP contribution is -2.40. The van der Waals surface area contributed by atoms with Crippen molar-refractivity contribution < 1.29 is 19.1 Å². The zero-order valence-corrected chi connectivity index (χ0v) is 11.3. The van der Waals surface area contributed by atoms with Crippen LogP contribution in [0.2, 0.25) is 0 Å². The topological polar surface area (TPSA) is 177 Å². The van der Waals surface area contributed by atoms with Crippen LogP contribution in [0.4, 0.5) is 4.79 Å². The van der Waals surface area contributed by atoms with Gasteiger partial charge in [-0.2, -0.15) is 0 Å². The molecule has 0 aromatic rings. The van der Waals surface area contributed by atoms with Gasteiger partial charge in [0.25, 0.3) is 0 Å². The Morgan fingerprint density at radius 1 is 1.00 bits per heavy atom. The van der Waals surface area contributed by atoms with Crippen molar-refractivity contribution in [1.29, 1.82) is 0 Å². The standard InChI is InChI=1S/C11H23N5O4/c12-5-1-3-7(13)9(17)20-10(18)8(14)4-2-6-16-11(15)19/h7-8H,1-6,12-14H2,(H3,15,16,19)/t7-,8+/m0/s1. The first-order valence-corrected chi connectivity index (χ1v) is 6.38. The molecule has 9 heteroatoms. The number of amides is 2. The van der Waals surface area contributed by atoms with E-state index in [0.29, 0.717) is 32.4 Å². The maximum absolute atomic E-state index is 11.5. The summed E-state index contributed by atoms with van der Waals surface area (Å²) in [5.74, 6) is -1.65. The van der Waals surface area contributed by atoms with Gasteiger partial charge in [0.15, 0.2) is 0 Å². The highest BCUT2D eigenvalue weighted by Crippen LogP contribution is 2.00. The van der Waals surface area contributed by atoms with Gasteiger partial charge in [-0.25, -0.2) is 14.4 Å². The second-order valence-electron chi connectivity index (χ2n) is 4.32. The van der Waals surface area contributed by atoms with Gasteiger partial charge < -0.3 is 33.0 Å². The van der Waals surface area contributed by atoms with Gasteiger partial charge in [0, 0.05) is 6.54 Å². The van der Waals surface area contributed by atoms with Crippen LogP contribution in [-0.2, 0) is 14.3 Å². The number of ether oxygens (including phenoxy) is 1. The molecular weight excluding hydrogens is 266 g/mol. The third kappa shape index (κ3) is 8.40. The van der Waals surface area contributed by atoms with E-state index in [4.69, 9.17) is 22.9 Å². The van der Waals surface area contributed by atoms with E-state index < -0.39 is 30.1 Å². The number of nitrogens with one attached hydrogen (secondary N) is 1. The van der Waals surface area contributed by atoms with E-state index in [9.17, 15) is 14.4 Å². The highest BCUT2D eigenvalue weighted by atomic mass is 16.6. The fourth-order valence-corrected chi connectivity index (χ4v) is 1.36. The Balaban J connectivity index is 3.94. The maximum atomic E-state index is 11.5. The van der Waals surface area contributed by atoms with Crippen LogP contribution < -0.4 is 28.3 Å². The molecule has 0 aliphatic carbocycles. The lowest BCUT2D eigenvalue weighted by atomic mass is 10.1. The number of primary amides is 1. The lowest BCUT2D eigenvalue weighted by Gasteiger charge is -2.13. The van der Waals surface area contributed by atoms with E-state index in [1.807, 2.05) is 0 Å². The van der Waals surface area contributed by atoms with E-state index in [-0.39, 0.29) is 6.42 Å². The minimum absolute atomic E-state index is 0.254. The molecule has 0 bridgehead atoms. The fraction of sp³-hybridized carbons (Fsp3) is 0.727. The predicted octanol–water partition coefficient (Wildman–Crippen LogP) is -2.10. The van der Waals surface area contributed by atoms with Crippen molar-refractivity contribution >= 4 is 18.0 Å². The molecule has 0 unspecified atom stereocenters. The summed E-state index contributed by atoms with van der Waals surface area (Å²) in [6, 6.07) is -2.48. The molecule has 0 spiro atoms. The highest BCUT2D eigenvalue weighted by molar-refractivity contribution is 5.90. The molecule has 0 aromatic carbocycles. The Labute approximate surface area is 117 Å². The summed E-state index contributed by atoms with van der Waals surface area (Å²) in [6.07, 6.45) is 1.60. The molecule has 0 fully saturated rings. The van der Waals surface area contributed by atoms with Crippen molar-refractivity contribution in [2.45, 2.75) is 37.8 Å². The van der Waals surface area contributed by atoms with Crippen LogP contribution in [0.5, 0.6) is 0 Å². The molecule has 0 aliphatic heterocycles. The number of carbonyl (C=O) groups is 3. The molecule has 0 rings (SSSR count). The van der Waals surface area contributed by atoms with E-state index in [1.165, 1.54) is 0 Å². The molecule has 2 amide bonds. The summed E-state index contributed by atoms with van der Waals surface area (Å²) in [5, 5.41) is 2.35. The molecule has 0 saturated heterocycles. The minimum atomic E-state index is -0.949. The van der Waals surface area contributed by atoms with Crippen LogP contribution in [-0.4, -0.2) is 43.1 Å². The monoisotopic (exact) mass is 289 g/mol. The molecule has 9 N–H and O–H groups in total. The first-order valence-electron chi connectivity index (χ1n) is 6.38. The van der Waals surface area contributed by atoms with E-state index in [1.54, 1.807) is 0 Å². The third-order valence-electron chi connectivity index (χ3n) is 2.52. The molecule has 9 nitrogen and oxygen atoms in total. The summed E-state index contributed by atoms with van der Waals surface area (Å²) in [4.78, 5) is 33.3. The first-order chi connectivity index (χ1) is 9.38. The normalized spacial score (nSPS) is 13.3. The van der Waals surface area contributed by atoms with Gasteiger partial charge in [0.1, 0.15) is 12.1 Å². The largest absolute Gasteiger partial charge is 0.391 e. The van der Waals surface area contributed by atoms with Crippen LogP contribution in [0.3, 0.4) is 0 Å². The summed E-state index contributed by atoms with van der Waals surface area (Å²) in [6.45, 7) is 0.696. The Hall–Kier alpha value is -1.71. The van der Waals surface area contributed by atoms with Crippen LogP contribution in [0.15, 0.2) is 0 Å². The second-order valence-corrected chi connectivity index (χ2v) is 4.32. The quantitative estimate of drug-likeness (QED) is 0.183. The SMILES string of the molecule is NCCC[C@H](N)C(=O)OC(=O)[C@H](N)CCCNC(N)=O. The predicted molar refractivity (Wildman–Crippen MR) is 72.2 cm³/mol. The molecule has 20 heavy (non-hydrogen) atoms. The Morgan fingerprint density at radius 2 is 1.50 bits per heavy atom. The number of carbonyl (C=O) groups excluding carboxylic acids is 3. The van der Waals surface area contributed by atoms with Gasteiger partial charge in [-0.3, -0.25) is 0 Å². The smallest absolute Gasteiger partial charge is 0.330 e. The zero-order valence-electron chi connectivity index (χ0n) is 11.3. The fourth-order valence-electron chi connectivity index (χ4n) is 1.36. The summed E-state index contributed by atoms with van der Waals surface area (Å²) in [7, 11) is 0. The Bertz CT molecular complexity index is 337. The number of hydrogen-bond acceptors (Lipinski definition) is 7. The minimum Gasteiger partial charge on any atom is -0.391 e. The van der Waals surface area contributed by atoms with Crippen molar-refractivity contribution in [3.8, 4) is 0 Å². The molecule has 116 valence electrons. The van der Waals surface area contributed by atoms with E-state index in [2.05, 4.69) is 10.1 Å². The average Bonchev–Trinajstić information content (AvgIpc) is 2.40. The van der Waals surface area contributed by atoms with Crippen LogP contribution >= 0.6 is 0 Å². The number of hydrogen-bond donors (Lipinski definition) is 5. The van der Waals surface area contributed by atoms with E-state index in [0.717, 1.165) is 0 Å². The van der Waals surface area contributed by atoms with Crippen molar-refractivity contribution in [3.63, 3.8) is 0 Å². The molecular formula is C11H23N5O4. The van der Waals surface area contributed by atoms with Gasteiger partial charge in [-0.1, -0.05) is 0 Å². The molecule has 0 heterocycles.